The van der Waals surface area contributed by atoms with Crippen molar-refractivity contribution in [1.82, 2.24) is 4.90 Å². The van der Waals surface area contributed by atoms with Crippen LogP contribution in [-0.2, 0) is 0 Å². The SMILES string of the molecule is CCN(CC)[C@@H]1CCC[C@@H]1N. The van der Waals surface area contributed by atoms with Crippen molar-refractivity contribution in [2.45, 2.75) is 45.2 Å². The highest BCUT2D eigenvalue weighted by Crippen LogP contribution is 2.22. The first-order valence-corrected chi connectivity index (χ1v) is 4.79. The quantitative estimate of drug-likeness (QED) is 0.665. The molecule has 0 bridgehead atoms. The van der Waals surface area contributed by atoms with E-state index >= 15 is 0 Å². The lowest BCUT2D eigenvalue weighted by Crippen LogP contribution is -2.44. The second-order valence-corrected chi connectivity index (χ2v) is 3.38. The number of rotatable bonds is 3. The third kappa shape index (κ3) is 1.94. The van der Waals surface area contributed by atoms with Gasteiger partial charge in [-0.3, -0.25) is 4.90 Å². The molecule has 2 heteroatoms. The molecule has 0 aromatic heterocycles. The molecule has 66 valence electrons. The summed E-state index contributed by atoms with van der Waals surface area (Å²) in [5, 5.41) is 0. The average molecular weight is 156 g/mol. The molecule has 0 saturated heterocycles. The van der Waals surface area contributed by atoms with Gasteiger partial charge in [-0.2, -0.15) is 0 Å². The third-order valence-electron chi connectivity index (χ3n) is 2.81. The summed E-state index contributed by atoms with van der Waals surface area (Å²) >= 11 is 0. The topological polar surface area (TPSA) is 29.3 Å². The van der Waals surface area contributed by atoms with Gasteiger partial charge in [-0.15, -0.1) is 0 Å². The lowest BCUT2D eigenvalue weighted by atomic mass is 10.1. The van der Waals surface area contributed by atoms with Crippen molar-refractivity contribution in [3.8, 4) is 0 Å². The van der Waals surface area contributed by atoms with E-state index in [4.69, 9.17) is 5.73 Å². The smallest absolute Gasteiger partial charge is 0.0246 e. The summed E-state index contributed by atoms with van der Waals surface area (Å²) in [5.41, 5.74) is 5.99. The molecule has 1 aliphatic carbocycles. The van der Waals surface area contributed by atoms with E-state index < -0.39 is 0 Å². The third-order valence-corrected chi connectivity index (χ3v) is 2.81. The minimum Gasteiger partial charge on any atom is -0.326 e. The fourth-order valence-corrected chi connectivity index (χ4v) is 2.12. The Kier molecular flexibility index (Phi) is 3.34. The van der Waals surface area contributed by atoms with Crippen molar-refractivity contribution in [3.63, 3.8) is 0 Å². The molecular formula is C9H20N2. The second kappa shape index (κ2) is 4.07. The molecule has 0 heterocycles. The highest BCUT2D eigenvalue weighted by Gasteiger charge is 2.27. The summed E-state index contributed by atoms with van der Waals surface area (Å²) in [4.78, 5) is 2.48. The molecule has 1 fully saturated rings. The second-order valence-electron chi connectivity index (χ2n) is 3.38. The number of likely N-dealkylation sites (N-methyl/N-ethyl adjacent to an activating group) is 1. The Hall–Kier alpha value is -0.0800. The zero-order chi connectivity index (χ0) is 8.27. The van der Waals surface area contributed by atoms with Crippen LogP contribution < -0.4 is 5.73 Å². The van der Waals surface area contributed by atoms with Crippen LogP contribution in [0.4, 0.5) is 0 Å². The summed E-state index contributed by atoms with van der Waals surface area (Å²) < 4.78 is 0. The highest BCUT2D eigenvalue weighted by molar-refractivity contribution is 4.87. The van der Waals surface area contributed by atoms with Gasteiger partial charge in [-0.05, 0) is 25.9 Å². The van der Waals surface area contributed by atoms with Gasteiger partial charge in [0.1, 0.15) is 0 Å². The standard InChI is InChI=1S/C9H20N2/c1-3-11(4-2)9-7-5-6-8(9)10/h8-9H,3-7,10H2,1-2H3/t8-,9+/m0/s1. The van der Waals surface area contributed by atoms with Gasteiger partial charge in [-0.25, -0.2) is 0 Å². The Labute approximate surface area is 69.8 Å². The normalized spacial score (nSPS) is 31.6. The van der Waals surface area contributed by atoms with Crippen LogP contribution in [0.5, 0.6) is 0 Å². The maximum absolute atomic E-state index is 5.99. The van der Waals surface area contributed by atoms with E-state index in [1.165, 1.54) is 19.3 Å². The number of nitrogens with two attached hydrogens (primary N) is 1. The van der Waals surface area contributed by atoms with Crippen molar-refractivity contribution in [2.75, 3.05) is 13.1 Å². The first-order valence-electron chi connectivity index (χ1n) is 4.79. The predicted octanol–water partition coefficient (Wildman–Crippen LogP) is 1.21. The number of hydrogen-bond donors (Lipinski definition) is 1. The van der Waals surface area contributed by atoms with Crippen LogP contribution in [0.25, 0.3) is 0 Å². The summed E-state index contributed by atoms with van der Waals surface area (Å²) in [6.07, 6.45) is 3.85. The number of nitrogens with zero attached hydrogens (tertiary/aromatic N) is 1. The van der Waals surface area contributed by atoms with Crippen LogP contribution in [0.15, 0.2) is 0 Å². The molecule has 2 N–H and O–H groups in total. The Morgan fingerprint density at radius 3 is 2.27 bits per heavy atom. The van der Waals surface area contributed by atoms with E-state index in [9.17, 15) is 0 Å². The van der Waals surface area contributed by atoms with Crippen molar-refractivity contribution in [1.29, 1.82) is 0 Å². The summed E-state index contributed by atoms with van der Waals surface area (Å²) in [5.74, 6) is 0. The Bertz CT molecular complexity index is 110. The molecule has 0 aromatic carbocycles. The number of hydrogen-bond acceptors (Lipinski definition) is 2. The van der Waals surface area contributed by atoms with Gasteiger partial charge in [0.05, 0.1) is 0 Å². The zero-order valence-corrected chi connectivity index (χ0v) is 7.71. The van der Waals surface area contributed by atoms with E-state index in [2.05, 4.69) is 18.7 Å². The molecule has 0 spiro atoms. The molecule has 0 unspecified atom stereocenters. The van der Waals surface area contributed by atoms with Crippen LogP contribution in [0, 0.1) is 0 Å². The maximum Gasteiger partial charge on any atom is 0.0246 e. The van der Waals surface area contributed by atoms with Gasteiger partial charge in [0, 0.05) is 12.1 Å². The molecule has 11 heavy (non-hydrogen) atoms. The van der Waals surface area contributed by atoms with Crippen LogP contribution in [0.1, 0.15) is 33.1 Å². The van der Waals surface area contributed by atoms with E-state index in [1.807, 2.05) is 0 Å². The molecule has 2 atom stereocenters. The molecule has 1 aliphatic rings. The predicted molar refractivity (Wildman–Crippen MR) is 48.5 cm³/mol. The minimum atomic E-state index is 0.440. The lowest BCUT2D eigenvalue weighted by molar-refractivity contribution is 0.205. The van der Waals surface area contributed by atoms with Crippen molar-refractivity contribution < 1.29 is 0 Å². The molecule has 0 aromatic rings. The fourth-order valence-electron chi connectivity index (χ4n) is 2.12. The van der Waals surface area contributed by atoms with Crippen LogP contribution in [-0.4, -0.2) is 30.1 Å². The lowest BCUT2D eigenvalue weighted by Gasteiger charge is -2.29. The van der Waals surface area contributed by atoms with E-state index in [0.717, 1.165) is 13.1 Å². The van der Waals surface area contributed by atoms with Gasteiger partial charge in [0.25, 0.3) is 0 Å². The van der Waals surface area contributed by atoms with Crippen molar-refractivity contribution in [3.05, 3.63) is 0 Å². The Morgan fingerprint density at radius 2 is 1.91 bits per heavy atom. The molecule has 0 amide bonds. The summed E-state index contributed by atoms with van der Waals surface area (Å²) in [6.45, 7) is 6.73. The Balaban J connectivity index is 2.43. The van der Waals surface area contributed by atoms with Gasteiger partial charge < -0.3 is 5.73 Å². The molecular weight excluding hydrogens is 136 g/mol. The van der Waals surface area contributed by atoms with Gasteiger partial charge in [0.2, 0.25) is 0 Å². The van der Waals surface area contributed by atoms with Crippen molar-refractivity contribution >= 4 is 0 Å². The summed E-state index contributed by atoms with van der Waals surface area (Å²) in [7, 11) is 0. The molecule has 0 radical (unpaired) electrons. The van der Waals surface area contributed by atoms with Crippen molar-refractivity contribution in [2.24, 2.45) is 5.73 Å². The fraction of sp³-hybridized carbons (Fsp3) is 1.00. The minimum absolute atomic E-state index is 0.440. The van der Waals surface area contributed by atoms with E-state index in [-0.39, 0.29) is 0 Å². The molecule has 0 aliphatic heterocycles. The largest absolute Gasteiger partial charge is 0.326 e. The molecule has 1 rings (SSSR count). The van der Waals surface area contributed by atoms with E-state index in [1.54, 1.807) is 0 Å². The summed E-state index contributed by atoms with van der Waals surface area (Å²) in [6, 6.07) is 1.11. The molecule has 1 saturated carbocycles. The highest BCUT2D eigenvalue weighted by atomic mass is 15.2. The van der Waals surface area contributed by atoms with Gasteiger partial charge >= 0.3 is 0 Å². The van der Waals surface area contributed by atoms with Crippen LogP contribution in [0.2, 0.25) is 0 Å². The zero-order valence-electron chi connectivity index (χ0n) is 7.71. The average Bonchev–Trinajstić information content (AvgIpc) is 2.40. The maximum atomic E-state index is 5.99. The van der Waals surface area contributed by atoms with Gasteiger partial charge in [-0.1, -0.05) is 20.3 Å². The monoisotopic (exact) mass is 156 g/mol. The Morgan fingerprint density at radius 1 is 1.27 bits per heavy atom. The van der Waals surface area contributed by atoms with Crippen LogP contribution in [0.3, 0.4) is 0 Å². The van der Waals surface area contributed by atoms with Gasteiger partial charge in [0.15, 0.2) is 0 Å². The molecule has 2 nitrogen and oxygen atoms in total. The van der Waals surface area contributed by atoms with Crippen LogP contribution >= 0.6 is 0 Å². The first kappa shape index (κ1) is 9.01. The first-order chi connectivity index (χ1) is 5.29. The van der Waals surface area contributed by atoms with E-state index in [0.29, 0.717) is 12.1 Å².